The van der Waals surface area contributed by atoms with Crippen LogP contribution in [-0.4, -0.2) is 23.6 Å². The summed E-state index contributed by atoms with van der Waals surface area (Å²) in [5.74, 6) is -1.34. The van der Waals surface area contributed by atoms with E-state index in [9.17, 15) is 14.3 Å². The predicted octanol–water partition coefficient (Wildman–Crippen LogP) is 2.02. The first-order chi connectivity index (χ1) is 8.69. The van der Waals surface area contributed by atoms with Crippen molar-refractivity contribution >= 4 is 5.91 Å². The second-order valence-corrected chi connectivity index (χ2v) is 5.90. The van der Waals surface area contributed by atoms with E-state index >= 15 is 0 Å². The molecule has 0 aromatic heterocycles. The smallest absolute Gasteiger partial charge is 0.255 e. The number of aromatic hydroxyl groups is 1. The van der Waals surface area contributed by atoms with Crippen molar-refractivity contribution in [2.75, 3.05) is 6.54 Å². The number of nitrogens with one attached hydrogen (secondary N) is 1. The Labute approximate surface area is 112 Å². The number of rotatable bonds is 4. The molecule has 0 saturated heterocycles. The molecule has 0 aliphatic carbocycles. The molecule has 1 amide bonds. The summed E-state index contributed by atoms with van der Waals surface area (Å²) in [4.78, 5) is 11.8. The zero-order chi connectivity index (χ0) is 14.6. The van der Waals surface area contributed by atoms with Crippen LogP contribution in [0.5, 0.6) is 5.75 Å². The number of amides is 1. The van der Waals surface area contributed by atoms with Crippen molar-refractivity contribution in [1.82, 2.24) is 5.32 Å². The van der Waals surface area contributed by atoms with Gasteiger partial charge in [-0.3, -0.25) is 4.79 Å². The van der Waals surface area contributed by atoms with Crippen LogP contribution in [0.25, 0.3) is 0 Å². The number of halogens is 1. The SMILES string of the molecule is CC(C)(C)CC(N)CNC(=O)c1cc(F)ccc1O. The van der Waals surface area contributed by atoms with Crippen LogP contribution in [0.4, 0.5) is 4.39 Å². The number of hydrogen-bond donors (Lipinski definition) is 3. The molecule has 1 aromatic rings. The fourth-order valence-electron chi connectivity index (χ4n) is 1.87. The fourth-order valence-corrected chi connectivity index (χ4v) is 1.87. The molecule has 19 heavy (non-hydrogen) atoms. The van der Waals surface area contributed by atoms with Crippen LogP contribution < -0.4 is 11.1 Å². The molecule has 0 bridgehead atoms. The number of phenols is 1. The van der Waals surface area contributed by atoms with E-state index in [1.54, 1.807) is 0 Å². The molecule has 0 radical (unpaired) electrons. The lowest BCUT2D eigenvalue weighted by atomic mass is 9.88. The maximum atomic E-state index is 13.0. The molecule has 1 rings (SSSR count). The predicted molar refractivity (Wildman–Crippen MR) is 72.4 cm³/mol. The van der Waals surface area contributed by atoms with Crippen molar-refractivity contribution in [2.45, 2.75) is 33.2 Å². The molecule has 4 nitrogen and oxygen atoms in total. The van der Waals surface area contributed by atoms with Crippen LogP contribution in [0.3, 0.4) is 0 Å². The fraction of sp³-hybridized carbons (Fsp3) is 0.500. The molecule has 5 heteroatoms. The van der Waals surface area contributed by atoms with Gasteiger partial charge in [0.15, 0.2) is 0 Å². The molecule has 0 spiro atoms. The number of carbonyl (C=O) groups is 1. The number of phenolic OH excluding ortho intramolecular Hbond substituents is 1. The molecule has 0 aliphatic rings. The van der Waals surface area contributed by atoms with Crippen molar-refractivity contribution in [1.29, 1.82) is 0 Å². The Kier molecular flexibility index (Phi) is 4.89. The molecule has 106 valence electrons. The molecule has 1 aromatic carbocycles. The van der Waals surface area contributed by atoms with Gasteiger partial charge in [-0.2, -0.15) is 0 Å². The highest BCUT2D eigenvalue weighted by molar-refractivity contribution is 5.96. The van der Waals surface area contributed by atoms with Crippen LogP contribution in [0.1, 0.15) is 37.6 Å². The Morgan fingerprint density at radius 3 is 2.68 bits per heavy atom. The molecule has 0 aliphatic heterocycles. The standard InChI is InChI=1S/C14H21FN2O2/c1-14(2,3)7-10(16)8-17-13(19)11-6-9(15)4-5-12(11)18/h4-6,10,18H,7-8,16H2,1-3H3,(H,17,19). The summed E-state index contributed by atoms with van der Waals surface area (Å²) < 4.78 is 13.0. The lowest BCUT2D eigenvalue weighted by Crippen LogP contribution is -2.39. The van der Waals surface area contributed by atoms with Gasteiger partial charge in [-0.25, -0.2) is 4.39 Å². The van der Waals surface area contributed by atoms with E-state index in [4.69, 9.17) is 5.73 Å². The summed E-state index contributed by atoms with van der Waals surface area (Å²) in [7, 11) is 0. The first-order valence-corrected chi connectivity index (χ1v) is 6.21. The van der Waals surface area contributed by atoms with Gasteiger partial charge >= 0.3 is 0 Å². The average Bonchev–Trinajstić information content (AvgIpc) is 2.27. The van der Waals surface area contributed by atoms with Gasteiger partial charge in [0, 0.05) is 12.6 Å². The Balaban J connectivity index is 2.58. The second-order valence-electron chi connectivity index (χ2n) is 5.90. The summed E-state index contributed by atoms with van der Waals surface area (Å²) in [5, 5.41) is 12.1. The van der Waals surface area contributed by atoms with Gasteiger partial charge in [-0.1, -0.05) is 20.8 Å². The van der Waals surface area contributed by atoms with E-state index < -0.39 is 11.7 Å². The molecule has 0 fully saturated rings. The molecule has 4 N–H and O–H groups in total. The quantitative estimate of drug-likeness (QED) is 0.782. The highest BCUT2D eigenvalue weighted by Gasteiger charge is 2.17. The van der Waals surface area contributed by atoms with Gasteiger partial charge in [-0.05, 0) is 30.0 Å². The molecular weight excluding hydrogens is 247 g/mol. The Morgan fingerprint density at radius 1 is 1.47 bits per heavy atom. The Hall–Kier alpha value is -1.62. The van der Waals surface area contributed by atoms with Crippen molar-refractivity contribution in [3.8, 4) is 5.75 Å². The number of hydrogen-bond acceptors (Lipinski definition) is 3. The van der Waals surface area contributed by atoms with E-state index in [-0.39, 0.29) is 29.3 Å². The minimum absolute atomic E-state index is 0.0745. The van der Waals surface area contributed by atoms with E-state index in [1.807, 2.05) is 0 Å². The van der Waals surface area contributed by atoms with Gasteiger partial charge in [0.05, 0.1) is 5.56 Å². The third-order valence-corrected chi connectivity index (χ3v) is 2.60. The van der Waals surface area contributed by atoms with Gasteiger partial charge in [0.25, 0.3) is 5.91 Å². The highest BCUT2D eigenvalue weighted by atomic mass is 19.1. The van der Waals surface area contributed by atoms with Crippen molar-refractivity contribution in [3.63, 3.8) is 0 Å². The van der Waals surface area contributed by atoms with Gasteiger partial charge in [-0.15, -0.1) is 0 Å². The van der Waals surface area contributed by atoms with E-state index in [2.05, 4.69) is 26.1 Å². The van der Waals surface area contributed by atoms with E-state index in [0.29, 0.717) is 0 Å². The number of carbonyl (C=O) groups excluding carboxylic acids is 1. The second kappa shape index (κ2) is 6.02. The van der Waals surface area contributed by atoms with E-state index in [0.717, 1.165) is 24.6 Å². The Morgan fingerprint density at radius 2 is 2.11 bits per heavy atom. The summed E-state index contributed by atoms with van der Waals surface area (Å²) in [6, 6.07) is 3.07. The monoisotopic (exact) mass is 268 g/mol. The van der Waals surface area contributed by atoms with Gasteiger partial charge in [0.2, 0.25) is 0 Å². The third-order valence-electron chi connectivity index (χ3n) is 2.60. The summed E-state index contributed by atoms with van der Waals surface area (Å²) in [5.41, 5.74) is 5.90. The van der Waals surface area contributed by atoms with Crippen LogP contribution in [0, 0.1) is 11.2 Å². The lowest BCUT2D eigenvalue weighted by molar-refractivity contribution is 0.0945. The first kappa shape index (κ1) is 15.4. The minimum Gasteiger partial charge on any atom is -0.507 e. The molecule has 0 saturated carbocycles. The molecular formula is C14H21FN2O2. The maximum Gasteiger partial charge on any atom is 0.255 e. The van der Waals surface area contributed by atoms with Crippen LogP contribution in [-0.2, 0) is 0 Å². The topological polar surface area (TPSA) is 75.3 Å². The molecule has 1 atom stereocenters. The zero-order valence-corrected chi connectivity index (χ0v) is 11.5. The molecule has 1 unspecified atom stereocenters. The third kappa shape index (κ3) is 5.26. The van der Waals surface area contributed by atoms with Crippen molar-refractivity contribution < 1.29 is 14.3 Å². The highest BCUT2D eigenvalue weighted by Crippen LogP contribution is 2.20. The van der Waals surface area contributed by atoms with Crippen molar-refractivity contribution in [2.24, 2.45) is 11.1 Å². The summed E-state index contributed by atoms with van der Waals surface area (Å²) in [6.07, 6.45) is 0.752. The first-order valence-electron chi connectivity index (χ1n) is 6.21. The number of nitrogens with two attached hydrogens (primary N) is 1. The zero-order valence-electron chi connectivity index (χ0n) is 11.5. The summed E-state index contributed by atoms with van der Waals surface area (Å²) in [6.45, 7) is 6.47. The lowest BCUT2D eigenvalue weighted by Gasteiger charge is -2.23. The van der Waals surface area contributed by atoms with Crippen LogP contribution >= 0.6 is 0 Å². The normalized spacial score (nSPS) is 13.1. The molecule has 0 heterocycles. The van der Waals surface area contributed by atoms with Gasteiger partial charge < -0.3 is 16.2 Å². The Bertz CT molecular complexity index is 455. The largest absolute Gasteiger partial charge is 0.507 e. The van der Waals surface area contributed by atoms with Gasteiger partial charge in [0.1, 0.15) is 11.6 Å². The summed E-state index contributed by atoms with van der Waals surface area (Å²) >= 11 is 0. The average molecular weight is 268 g/mol. The number of benzene rings is 1. The maximum absolute atomic E-state index is 13.0. The van der Waals surface area contributed by atoms with Crippen molar-refractivity contribution in [3.05, 3.63) is 29.6 Å². The van der Waals surface area contributed by atoms with E-state index in [1.165, 1.54) is 0 Å². The minimum atomic E-state index is -0.568. The van der Waals surface area contributed by atoms with Crippen LogP contribution in [0.2, 0.25) is 0 Å². The van der Waals surface area contributed by atoms with Crippen LogP contribution in [0.15, 0.2) is 18.2 Å².